The maximum Gasteiger partial charge on any atom is 0.173 e. The van der Waals surface area contributed by atoms with E-state index in [1.165, 1.54) is 6.07 Å². The van der Waals surface area contributed by atoms with Crippen LogP contribution in [0.2, 0.25) is 0 Å². The fourth-order valence-corrected chi connectivity index (χ4v) is 2.77. The zero-order valence-corrected chi connectivity index (χ0v) is 13.2. The SMILES string of the molecule is COc1ccc(C)cc1CC(O)c1ccc(F)c(F)c1Br. The van der Waals surface area contributed by atoms with Gasteiger partial charge in [-0.05, 0) is 46.1 Å². The Morgan fingerprint density at radius 1 is 1.24 bits per heavy atom. The molecule has 0 radical (unpaired) electrons. The second-order valence-corrected chi connectivity index (χ2v) is 5.59. The van der Waals surface area contributed by atoms with Gasteiger partial charge in [0.05, 0.1) is 17.7 Å². The van der Waals surface area contributed by atoms with Crippen molar-refractivity contribution in [2.45, 2.75) is 19.4 Å². The van der Waals surface area contributed by atoms with Crippen LogP contribution in [0.1, 0.15) is 22.8 Å². The summed E-state index contributed by atoms with van der Waals surface area (Å²) in [4.78, 5) is 0. The molecule has 1 unspecified atom stereocenters. The molecular weight excluding hydrogens is 342 g/mol. The number of hydrogen-bond acceptors (Lipinski definition) is 2. The number of benzene rings is 2. The van der Waals surface area contributed by atoms with E-state index in [4.69, 9.17) is 4.74 Å². The van der Waals surface area contributed by atoms with E-state index in [1.807, 2.05) is 25.1 Å². The molecule has 0 amide bonds. The molecule has 0 bridgehead atoms. The van der Waals surface area contributed by atoms with Crippen molar-refractivity contribution in [1.82, 2.24) is 0 Å². The molecule has 0 saturated carbocycles. The minimum absolute atomic E-state index is 0.0541. The lowest BCUT2D eigenvalue weighted by Gasteiger charge is -2.16. The van der Waals surface area contributed by atoms with Crippen molar-refractivity contribution in [3.05, 3.63) is 63.1 Å². The van der Waals surface area contributed by atoms with Crippen LogP contribution in [-0.2, 0) is 6.42 Å². The molecule has 1 atom stereocenters. The van der Waals surface area contributed by atoms with E-state index < -0.39 is 17.7 Å². The van der Waals surface area contributed by atoms with Gasteiger partial charge in [-0.15, -0.1) is 0 Å². The monoisotopic (exact) mass is 356 g/mol. The Bertz CT molecular complexity index is 659. The summed E-state index contributed by atoms with van der Waals surface area (Å²) in [6.07, 6.45) is -0.723. The van der Waals surface area contributed by atoms with Gasteiger partial charge in [-0.3, -0.25) is 0 Å². The Balaban J connectivity index is 2.32. The number of aliphatic hydroxyl groups is 1. The molecule has 0 saturated heterocycles. The molecule has 21 heavy (non-hydrogen) atoms. The normalized spacial score (nSPS) is 12.3. The summed E-state index contributed by atoms with van der Waals surface area (Å²) in [5.74, 6) is -1.30. The summed E-state index contributed by atoms with van der Waals surface area (Å²) in [6.45, 7) is 1.93. The van der Waals surface area contributed by atoms with Gasteiger partial charge in [0.25, 0.3) is 0 Å². The quantitative estimate of drug-likeness (QED) is 0.826. The zero-order chi connectivity index (χ0) is 15.6. The largest absolute Gasteiger partial charge is 0.496 e. The molecule has 112 valence electrons. The average molecular weight is 357 g/mol. The van der Waals surface area contributed by atoms with Crippen molar-refractivity contribution >= 4 is 15.9 Å². The van der Waals surface area contributed by atoms with Crippen molar-refractivity contribution < 1.29 is 18.6 Å². The molecule has 0 aliphatic carbocycles. The summed E-state index contributed by atoms with van der Waals surface area (Å²) in [5, 5.41) is 10.3. The Morgan fingerprint density at radius 2 is 1.95 bits per heavy atom. The number of rotatable bonds is 4. The van der Waals surface area contributed by atoms with Crippen molar-refractivity contribution in [2.24, 2.45) is 0 Å². The van der Waals surface area contributed by atoms with Gasteiger partial charge in [0.1, 0.15) is 5.75 Å². The first-order valence-corrected chi connectivity index (χ1v) is 7.18. The number of hydrogen-bond donors (Lipinski definition) is 1. The van der Waals surface area contributed by atoms with Crippen molar-refractivity contribution in [2.75, 3.05) is 7.11 Å². The van der Waals surface area contributed by atoms with Gasteiger partial charge in [-0.1, -0.05) is 23.8 Å². The highest BCUT2D eigenvalue weighted by Gasteiger charge is 2.19. The highest BCUT2D eigenvalue weighted by molar-refractivity contribution is 9.10. The third kappa shape index (κ3) is 3.41. The van der Waals surface area contributed by atoms with Crippen molar-refractivity contribution in [1.29, 1.82) is 0 Å². The van der Waals surface area contributed by atoms with Crippen molar-refractivity contribution in [3.63, 3.8) is 0 Å². The molecule has 1 N–H and O–H groups in total. The molecule has 0 aromatic heterocycles. The van der Waals surface area contributed by atoms with E-state index in [0.717, 1.165) is 17.2 Å². The van der Waals surface area contributed by atoms with E-state index in [1.54, 1.807) is 7.11 Å². The molecule has 0 aliphatic heterocycles. The first kappa shape index (κ1) is 15.9. The summed E-state index contributed by atoms with van der Waals surface area (Å²) in [7, 11) is 1.55. The second kappa shape index (κ2) is 6.54. The second-order valence-electron chi connectivity index (χ2n) is 4.80. The Hall–Kier alpha value is -1.46. The van der Waals surface area contributed by atoms with Crippen LogP contribution < -0.4 is 4.74 Å². The van der Waals surface area contributed by atoms with E-state index in [0.29, 0.717) is 11.3 Å². The van der Waals surface area contributed by atoms with Crippen LogP contribution in [0.25, 0.3) is 0 Å². The van der Waals surface area contributed by atoms with Crippen LogP contribution in [0.15, 0.2) is 34.8 Å². The predicted molar refractivity (Wildman–Crippen MR) is 80.5 cm³/mol. The van der Waals surface area contributed by atoms with Gasteiger partial charge in [-0.2, -0.15) is 0 Å². The minimum Gasteiger partial charge on any atom is -0.496 e. The molecular formula is C16H15BrF2O2. The summed E-state index contributed by atoms with van der Waals surface area (Å²) in [6, 6.07) is 8.00. The number of aryl methyl sites for hydroxylation is 1. The van der Waals surface area contributed by atoms with E-state index in [9.17, 15) is 13.9 Å². The first-order chi connectivity index (χ1) is 9.93. The minimum atomic E-state index is -0.997. The highest BCUT2D eigenvalue weighted by Crippen LogP contribution is 2.32. The highest BCUT2D eigenvalue weighted by atomic mass is 79.9. The lowest BCUT2D eigenvalue weighted by molar-refractivity contribution is 0.175. The number of ether oxygens (including phenoxy) is 1. The van der Waals surface area contributed by atoms with Gasteiger partial charge in [0.15, 0.2) is 11.6 Å². The third-order valence-electron chi connectivity index (χ3n) is 3.27. The molecule has 2 nitrogen and oxygen atoms in total. The Morgan fingerprint density at radius 3 is 2.62 bits per heavy atom. The average Bonchev–Trinajstić information content (AvgIpc) is 2.45. The molecule has 0 heterocycles. The molecule has 0 fully saturated rings. The molecule has 0 aliphatic rings. The lowest BCUT2D eigenvalue weighted by Crippen LogP contribution is -2.06. The molecule has 2 aromatic rings. The molecule has 2 aromatic carbocycles. The predicted octanol–water partition coefficient (Wildman–Crippen LogP) is 4.32. The van der Waals surface area contributed by atoms with Crippen LogP contribution >= 0.6 is 15.9 Å². The van der Waals surface area contributed by atoms with E-state index in [2.05, 4.69) is 15.9 Å². The third-order valence-corrected chi connectivity index (χ3v) is 4.08. The standard InChI is InChI=1S/C16H15BrF2O2/c1-9-3-6-14(21-2)10(7-9)8-13(20)11-4-5-12(18)16(19)15(11)17/h3-7,13,20H,8H2,1-2H3. The van der Waals surface area contributed by atoms with Gasteiger partial charge >= 0.3 is 0 Å². The maximum absolute atomic E-state index is 13.5. The van der Waals surface area contributed by atoms with E-state index >= 15 is 0 Å². The van der Waals surface area contributed by atoms with Gasteiger partial charge in [0, 0.05) is 6.42 Å². The number of aliphatic hydroxyl groups excluding tert-OH is 1. The van der Waals surface area contributed by atoms with Crippen LogP contribution in [-0.4, -0.2) is 12.2 Å². The van der Waals surface area contributed by atoms with E-state index in [-0.39, 0.29) is 10.9 Å². The number of methoxy groups -OCH3 is 1. The molecule has 5 heteroatoms. The van der Waals surface area contributed by atoms with Crippen LogP contribution in [0.3, 0.4) is 0 Å². The zero-order valence-electron chi connectivity index (χ0n) is 11.7. The molecule has 2 rings (SSSR count). The fraction of sp³-hybridized carbons (Fsp3) is 0.250. The Labute approximate surface area is 130 Å². The maximum atomic E-state index is 13.5. The van der Waals surface area contributed by atoms with Gasteiger partial charge < -0.3 is 9.84 Å². The fourth-order valence-electron chi connectivity index (χ4n) is 2.18. The summed E-state index contributed by atoms with van der Waals surface area (Å²) < 4.78 is 31.9. The van der Waals surface area contributed by atoms with Gasteiger partial charge in [0.2, 0.25) is 0 Å². The first-order valence-electron chi connectivity index (χ1n) is 6.39. The summed E-state index contributed by atoms with van der Waals surface area (Å²) >= 11 is 2.99. The lowest BCUT2D eigenvalue weighted by atomic mass is 9.99. The topological polar surface area (TPSA) is 29.5 Å². The van der Waals surface area contributed by atoms with Crippen molar-refractivity contribution in [3.8, 4) is 5.75 Å². The van der Waals surface area contributed by atoms with Gasteiger partial charge in [-0.25, -0.2) is 8.78 Å². The summed E-state index contributed by atoms with van der Waals surface area (Å²) in [5.41, 5.74) is 2.14. The smallest absolute Gasteiger partial charge is 0.173 e. The van der Waals surface area contributed by atoms with Crippen LogP contribution in [0, 0.1) is 18.6 Å². The van der Waals surface area contributed by atoms with Crippen LogP contribution in [0.4, 0.5) is 8.78 Å². The molecule has 0 spiro atoms. The van der Waals surface area contributed by atoms with Crippen LogP contribution in [0.5, 0.6) is 5.75 Å². The Kier molecular flexibility index (Phi) is 4.96. The number of halogens is 3.